The van der Waals surface area contributed by atoms with Gasteiger partial charge in [-0.1, -0.05) is 23.2 Å². The zero-order valence-corrected chi connectivity index (χ0v) is 9.86. The molecule has 0 aromatic heterocycles. The van der Waals surface area contributed by atoms with E-state index >= 15 is 0 Å². The Bertz CT molecular complexity index is 419. The largest absolute Gasteiger partial charge is 0.491 e. The van der Waals surface area contributed by atoms with Gasteiger partial charge in [-0.3, -0.25) is 4.79 Å². The molecule has 17 heavy (non-hydrogen) atoms. The Hall–Kier alpha value is -0.940. The number of ether oxygens (including phenoxy) is 1. The molecule has 0 aliphatic heterocycles. The van der Waals surface area contributed by atoms with E-state index in [-0.39, 0.29) is 21.4 Å². The minimum atomic E-state index is -4.32. The van der Waals surface area contributed by atoms with Crippen LogP contribution in [0, 0.1) is 0 Å². The van der Waals surface area contributed by atoms with Gasteiger partial charge < -0.3 is 4.74 Å². The van der Waals surface area contributed by atoms with E-state index < -0.39 is 19.2 Å². The number of rotatable bonds is 4. The van der Waals surface area contributed by atoms with Crippen LogP contribution in [0.2, 0.25) is 10.0 Å². The van der Waals surface area contributed by atoms with Crippen molar-refractivity contribution in [2.75, 3.05) is 6.61 Å². The topological polar surface area (TPSA) is 26.3 Å². The number of aldehydes is 1. The average molecular weight is 287 g/mol. The summed E-state index contributed by atoms with van der Waals surface area (Å²) in [5.41, 5.74) is 0.0182. The third kappa shape index (κ3) is 4.44. The van der Waals surface area contributed by atoms with Gasteiger partial charge in [0.2, 0.25) is 0 Å². The summed E-state index contributed by atoms with van der Waals surface area (Å²) >= 11 is 11.3. The van der Waals surface area contributed by atoms with Crippen LogP contribution >= 0.6 is 23.2 Å². The van der Waals surface area contributed by atoms with Crippen molar-refractivity contribution in [1.82, 2.24) is 0 Å². The fraction of sp³-hybridized carbons (Fsp3) is 0.300. The van der Waals surface area contributed by atoms with E-state index in [1.54, 1.807) is 0 Å². The number of halogens is 5. The van der Waals surface area contributed by atoms with Crippen molar-refractivity contribution in [3.8, 4) is 5.75 Å². The van der Waals surface area contributed by atoms with Crippen LogP contribution in [-0.2, 0) is 0 Å². The first-order chi connectivity index (χ1) is 7.83. The highest BCUT2D eigenvalue weighted by Gasteiger charge is 2.27. The molecule has 0 saturated heterocycles. The average Bonchev–Trinajstić information content (AvgIpc) is 2.18. The SMILES string of the molecule is O=Cc1cc(Cl)cc(Cl)c1OCCC(F)(F)F. The summed E-state index contributed by atoms with van der Waals surface area (Å²) in [6.45, 7) is -0.605. The molecule has 1 rings (SSSR count). The number of carbonyl (C=O) groups is 1. The zero-order valence-electron chi connectivity index (χ0n) is 8.35. The molecule has 0 N–H and O–H groups in total. The highest BCUT2D eigenvalue weighted by atomic mass is 35.5. The zero-order chi connectivity index (χ0) is 13.1. The van der Waals surface area contributed by atoms with E-state index in [4.69, 9.17) is 27.9 Å². The van der Waals surface area contributed by atoms with Crippen molar-refractivity contribution in [3.63, 3.8) is 0 Å². The van der Waals surface area contributed by atoms with Gasteiger partial charge in [-0.2, -0.15) is 13.2 Å². The summed E-state index contributed by atoms with van der Waals surface area (Å²) in [5.74, 6) is -0.0877. The Morgan fingerprint density at radius 3 is 2.47 bits per heavy atom. The van der Waals surface area contributed by atoms with Gasteiger partial charge in [0.15, 0.2) is 6.29 Å². The van der Waals surface area contributed by atoms with E-state index in [1.807, 2.05) is 0 Å². The van der Waals surface area contributed by atoms with Crippen molar-refractivity contribution >= 4 is 29.5 Å². The summed E-state index contributed by atoms with van der Waals surface area (Å²) in [6, 6.07) is 2.56. The summed E-state index contributed by atoms with van der Waals surface area (Å²) in [7, 11) is 0. The van der Waals surface area contributed by atoms with Crippen LogP contribution in [0.15, 0.2) is 12.1 Å². The Kier molecular flexibility index (Phi) is 4.65. The van der Waals surface area contributed by atoms with Gasteiger partial charge in [0, 0.05) is 5.02 Å². The first-order valence-electron chi connectivity index (χ1n) is 4.47. The van der Waals surface area contributed by atoms with E-state index in [2.05, 4.69) is 0 Å². The molecule has 1 aromatic carbocycles. The van der Waals surface area contributed by atoms with Gasteiger partial charge in [0.1, 0.15) is 5.75 Å². The summed E-state index contributed by atoms with van der Waals surface area (Å²) < 4.78 is 40.6. The van der Waals surface area contributed by atoms with Crippen LogP contribution in [0.25, 0.3) is 0 Å². The Balaban J connectivity index is 2.80. The van der Waals surface area contributed by atoms with Gasteiger partial charge in [-0.25, -0.2) is 0 Å². The molecule has 94 valence electrons. The Labute approximate surface area is 105 Å². The molecule has 0 spiro atoms. The molecule has 1 aromatic rings. The second-order valence-electron chi connectivity index (χ2n) is 3.14. The molecule has 0 saturated carbocycles. The minimum Gasteiger partial charge on any atom is -0.491 e. The first-order valence-corrected chi connectivity index (χ1v) is 5.23. The lowest BCUT2D eigenvalue weighted by molar-refractivity contribution is -0.139. The van der Waals surface area contributed by atoms with Crippen LogP contribution in [-0.4, -0.2) is 19.1 Å². The quantitative estimate of drug-likeness (QED) is 0.778. The minimum absolute atomic E-state index is 0.00164. The molecule has 0 amide bonds. The highest BCUT2D eigenvalue weighted by molar-refractivity contribution is 6.36. The van der Waals surface area contributed by atoms with E-state index in [9.17, 15) is 18.0 Å². The maximum Gasteiger partial charge on any atom is 0.392 e. The predicted octanol–water partition coefficient (Wildman–Crippen LogP) is 4.14. The standard InChI is InChI=1S/C10H7Cl2F3O2/c11-7-3-6(5-16)9(8(12)4-7)17-2-1-10(13,14)15/h3-5H,1-2H2. The molecule has 0 radical (unpaired) electrons. The number of hydrogen-bond acceptors (Lipinski definition) is 2. The van der Waals surface area contributed by atoms with Crippen molar-refractivity contribution in [3.05, 3.63) is 27.7 Å². The fourth-order valence-electron chi connectivity index (χ4n) is 1.09. The molecule has 0 unspecified atom stereocenters. The maximum absolute atomic E-state index is 11.9. The van der Waals surface area contributed by atoms with Gasteiger partial charge in [0.25, 0.3) is 0 Å². The second-order valence-corrected chi connectivity index (χ2v) is 3.98. The molecular formula is C10H7Cl2F3O2. The Morgan fingerprint density at radius 2 is 1.94 bits per heavy atom. The fourth-order valence-corrected chi connectivity index (χ4v) is 1.65. The molecule has 2 nitrogen and oxygen atoms in total. The smallest absolute Gasteiger partial charge is 0.392 e. The lowest BCUT2D eigenvalue weighted by Gasteiger charge is -2.12. The van der Waals surface area contributed by atoms with Crippen LogP contribution in [0.5, 0.6) is 5.75 Å². The number of carbonyl (C=O) groups excluding carboxylic acids is 1. The normalized spacial score (nSPS) is 11.4. The molecule has 7 heteroatoms. The van der Waals surface area contributed by atoms with Crippen molar-refractivity contribution in [2.45, 2.75) is 12.6 Å². The highest BCUT2D eigenvalue weighted by Crippen LogP contribution is 2.32. The lowest BCUT2D eigenvalue weighted by atomic mass is 10.2. The van der Waals surface area contributed by atoms with Crippen LogP contribution in [0.1, 0.15) is 16.8 Å². The molecule has 0 heterocycles. The first kappa shape index (κ1) is 14.1. The van der Waals surface area contributed by atoms with Crippen molar-refractivity contribution in [2.24, 2.45) is 0 Å². The summed E-state index contributed by atoms with van der Waals surface area (Å²) in [6.07, 6.45) is -5.02. The van der Waals surface area contributed by atoms with Gasteiger partial charge >= 0.3 is 6.18 Å². The second kappa shape index (κ2) is 5.60. The van der Waals surface area contributed by atoms with Crippen LogP contribution < -0.4 is 4.74 Å². The molecular weight excluding hydrogens is 280 g/mol. The van der Waals surface area contributed by atoms with Crippen molar-refractivity contribution in [1.29, 1.82) is 0 Å². The molecule has 0 bridgehead atoms. The third-order valence-electron chi connectivity index (χ3n) is 1.80. The van der Waals surface area contributed by atoms with E-state index in [1.165, 1.54) is 12.1 Å². The summed E-state index contributed by atoms with van der Waals surface area (Å²) in [4.78, 5) is 10.7. The van der Waals surface area contributed by atoms with E-state index in [0.717, 1.165) is 0 Å². The van der Waals surface area contributed by atoms with Crippen LogP contribution in [0.3, 0.4) is 0 Å². The molecule has 0 atom stereocenters. The lowest BCUT2D eigenvalue weighted by Crippen LogP contribution is -2.13. The van der Waals surface area contributed by atoms with Crippen molar-refractivity contribution < 1.29 is 22.7 Å². The molecule has 0 fully saturated rings. The summed E-state index contributed by atoms with van der Waals surface area (Å²) in [5, 5.41) is 0.210. The number of hydrogen-bond donors (Lipinski definition) is 0. The Morgan fingerprint density at radius 1 is 1.29 bits per heavy atom. The third-order valence-corrected chi connectivity index (χ3v) is 2.29. The van der Waals surface area contributed by atoms with Gasteiger partial charge in [-0.15, -0.1) is 0 Å². The number of alkyl halides is 3. The van der Waals surface area contributed by atoms with E-state index in [0.29, 0.717) is 6.29 Å². The molecule has 0 aliphatic carbocycles. The van der Waals surface area contributed by atoms with Crippen LogP contribution in [0.4, 0.5) is 13.2 Å². The number of benzene rings is 1. The maximum atomic E-state index is 11.9. The van der Waals surface area contributed by atoms with Gasteiger partial charge in [0.05, 0.1) is 23.6 Å². The monoisotopic (exact) mass is 286 g/mol. The predicted molar refractivity (Wildman–Crippen MR) is 58.0 cm³/mol. The molecule has 0 aliphatic rings. The van der Waals surface area contributed by atoms with Gasteiger partial charge in [-0.05, 0) is 12.1 Å².